The average molecular weight is 235 g/mol. The molecule has 17 heavy (non-hydrogen) atoms. The summed E-state index contributed by atoms with van der Waals surface area (Å²) >= 11 is 0. The van der Waals surface area contributed by atoms with Crippen LogP contribution in [0.3, 0.4) is 0 Å². The van der Waals surface area contributed by atoms with E-state index in [-0.39, 0.29) is 12.4 Å². The standard InChI is InChI=1S/C14H18FNO/c15-13-5-6-14-12(11-13)7-9-16(14)8-3-1-2-4-10-17/h5-7,9,11,17H,1-4,8,10H2. The second kappa shape index (κ2) is 5.82. The number of aliphatic hydroxyl groups excluding tert-OH is 1. The summed E-state index contributed by atoms with van der Waals surface area (Å²) in [5.74, 6) is -0.182. The molecule has 2 nitrogen and oxygen atoms in total. The van der Waals surface area contributed by atoms with Gasteiger partial charge in [-0.3, -0.25) is 0 Å². The van der Waals surface area contributed by atoms with Crippen molar-refractivity contribution in [3.63, 3.8) is 0 Å². The molecule has 0 atom stereocenters. The van der Waals surface area contributed by atoms with Crippen LogP contribution in [0, 0.1) is 5.82 Å². The topological polar surface area (TPSA) is 25.2 Å². The molecule has 0 saturated heterocycles. The number of hydrogen-bond donors (Lipinski definition) is 1. The van der Waals surface area contributed by atoms with Crippen molar-refractivity contribution in [1.29, 1.82) is 0 Å². The van der Waals surface area contributed by atoms with Crippen LogP contribution < -0.4 is 0 Å². The Labute approximate surface area is 101 Å². The van der Waals surface area contributed by atoms with Crippen LogP contribution in [0.2, 0.25) is 0 Å². The number of rotatable bonds is 6. The molecule has 2 rings (SSSR count). The van der Waals surface area contributed by atoms with Gasteiger partial charge in [0.25, 0.3) is 0 Å². The summed E-state index contributed by atoms with van der Waals surface area (Å²) in [6.45, 7) is 1.24. The van der Waals surface area contributed by atoms with Gasteiger partial charge in [0.1, 0.15) is 5.82 Å². The maximum atomic E-state index is 13.0. The quantitative estimate of drug-likeness (QED) is 0.763. The van der Waals surface area contributed by atoms with Gasteiger partial charge in [-0.2, -0.15) is 0 Å². The van der Waals surface area contributed by atoms with Crippen LogP contribution in [0.4, 0.5) is 4.39 Å². The smallest absolute Gasteiger partial charge is 0.123 e. The molecule has 0 unspecified atom stereocenters. The van der Waals surface area contributed by atoms with Crippen LogP contribution >= 0.6 is 0 Å². The fourth-order valence-electron chi connectivity index (χ4n) is 2.11. The SMILES string of the molecule is OCCCCCCn1ccc2cc(F)ccc21. The van der Waals surface area contributed by atoms with Gasteiger partial charge in [0.05, 0.1) is 0 Å². The summed E-state index contributed by atoms with van der Waals surface area (Å²) in [5, 5.41) is 9.63. The number of benzene rings is 1. The molecule has 0 aliphatic rings. The van der Waals surface area contributed by atoms with Gasteiger partial charge in [0, 0.05) is 30.3 Å². The van der Waals surface area contributed by atoms with E-state index in [0.29, 0.717) is 0 Å². The molecule has 0 amide bonds. The number of aliphatic hydroxyl groups is 1. The lowest BCUT2D eigenvalue weighted by Gasteiger charge is -2.05. The molecule has 1 aromatic heterocycles. The summed E-state index contributed by atoms with van der Waals surface area (Å²) in [7, 11) is 0. The van der Waals surface area contributed by atoms with Crippen molar-refractivity contribution in [2.24, 2.45) is 0 Å². The van der Waals surface area contributed by atoms with Crippen LogP contribution in [0.1, 0.15) is 25.7 Å². The Hall–Kier alpha value is -1.35. The van der Waals surface area contributed by atoms with Gasteiger partial charge in [-0.05, 0) is 37.1 Å². The van der Waals surface area contributed by atoms with Crippen LogP contribution in [0.5, 0.6) is 0 Å². The van der Waals surface area contributed by atoms with E-state index in [4.69, 9.17) is 5.11 Å². The van der Waals surface area contributed by atoms with Crippen molar-refractivity contribution < 1.29 is 9.50 Å². The van der Waals surface area contributed by atoms with E-state index in [0.717, 1.165) is 43.1 Å². The maximum absolute atomic E-state index is 13.0. The van der Waals surface area contributed by atoms with Crippen molar-refractivity contribution in [1.82, 2.24) is 4.57 Å². The fourth-order valence-corrected chi connectivity index (χ4v) is 2.11. The zero-order chi connectivity index (χ0) is 12.1. The van der Waals surface area contributed by atoms with Gasteiger partial charge in [-0.1, -0.05) is 12.8 Å². The number of fused-ring (bicyclic) bond motifs is 1. The first-order chi connectivity index (χ1) is 8.31. The molecule has 2 aromatic rings. The third-order valence-corrected chi connectivity index (χ3v) is 3.04. The van der Waals surface area contributed by atoms with Gasteiger partial charge in [-0.25, -0.2) is 4.39 Å². The number of unbranched alkanes of at least 4 members (excludes halogenated alkanes) is 3. The fraction of sp³-hybridized carbons (Fsp3) is 0.429. The molecular formula is C14H18FNO. The van der Waals surface area contributed by atoms with E-state index in [9.17, 15) is 4.39 Å². The first kappa shape index (κ1) is 12.1. The monoisotopic (exact) mass is 235 g/mol. The zero-order valence-corrected chi connectivity index (χ0v) is 9.90. The molecule has 1 aromatic carbocycles. The number of halogens is 1. The molecule has 1 N–H and O–H groups in total. The molecule has 3 heteroatoms. The first-order valence-corrected chi connectivity index (χ1v) is 6.16. The molecule has 0 aliphatic carbocycles. The van der Waals surface area contributed by atoms with Crippen LogP contribution in [0.15, 0.2) is 30.5 Å². The Morgan fingerprint density at radius 1 is 1.06 bits per heavy atom. The predicted octanol–water partition coefficient (Wildman–Crippen LogP) is 3.33. The summed E-state index contributed by atoms with van der Waals surface area (Å²) in [5.41, 5.74) is 1.09. The lowest BCUT2D eigenvalue weighted by Crippen LogP contribution is -1.96. The van der Waals surface area contributed by atoms with E-state index in [2.05, 4.69) is 4.57 Å². The van der Waals surface area contributed by atoms with Crippen LogP contribution in [-0.2, 0) is 6.54 Å². The lowest BCUT2D eigenvalue weighted by atomic mass is 10.2. The predicted molar refractivity (Wildman–Crippen MR) is 67.4 cm³/mol. The van der Waals surface area contributed by atoms with Gasteiger partial charge >= 0.3 is 0 Å². The van der Waals surface area contributed by atoms with Crippen molar-refractivity contribution in [2.75, 3.05) is 6.61 Å². The Morgan fingerprint density at radius 3 is 2.71 bits per heavy atom. The number of aryl methyl sites for hydroxylation is 1. The summed E-state index contributed by atoms with van der Waals surface area (Å²) < 4.78 is 15.2. The highest BCUT2D eigenvalue weighted by Crippen LogP contribution is 2.17. The number of hydrogen-bond acceptors (Lipinski definition) is 1. The van der Waals surface area contributed by atoms with Crippen LogP contribution in [-0.4, -0.2) is 16.3 Å². The third kappa shape index (κ3) is 3.07. The van der Waals surface area contributed by atoms with Crippen molar-refractivity contribution in [3.8, 4) is 0 Å². The van der Waals surface area contributed by atoms with Gasteiger partial charge < -0.3 is 9.67 Å². The van der Waals surface area contributed by atoms with Crippen molar-refractivity contribution in [3.05, 3.63) is 36.3 Å². The van der Waals surface area contributed by atoms with Crippen molar-refractivity contribution in [2.45, 2.75) is 32.2 Å². The van der Waals surface area contributed by atoms with E-state index < -0.39 is 0 Å². The molecule has 0 spiro atoms. The van der Waals surface area contributed by atoms with E-state index in [1.54, 1.807) is 6.07 Å². The molecular weight excluding hydrogens is 217 g/mol. The highest BCUT2D eigenvalue weighted by atomic mass is 19.1. The minimum Gasteiger partial charge on any atom is -0.396 e. The minimum absolute atomic E-state index is 0.182. The molecule has 0 radical (unpaired) electrons. The summed E-state index contributed by atoms with van der Waals surface area (Å²) in [4.78, 5) is 0. The van der Waals surface area contributed by atoms with Crippen molar-refractivity contribution >= 4 is 10.9 Å². The molecule has 1 heterocycles. The molecule has 0 bridgehead atoms. The Kier molecular flexibility index (Phi) is 4.15. The normalized spacial score (nSPS) is 11.2. The maximum Gasteiger partial charge on any atom is 0.123 e. The molecule has 92 valence electrons. The number of aromatic nitrogens is 1. The molecule has 0 fully saturated rings. The summed E-state index contributed by atoms with van der Waals surface area (Å²) in [6, 6.07) is 6.85. The van der Waals surface area contributed by atoms with Crippen LogP contribution in [0.25, 0.3) is 10.9 Å². The van der Waals surface area contributed by atoms with Gasteiger partial charge in [0.2, 0.25) is 0 Å². The summed E-state index contributed by atoms with van der Waals surface area (Å²) in [6.07, 6.45) is 6.20. The third-order valence-electron chi connectivity index (χ3n) is 3.04. The Bertz CT molecular complexity index is 478. The Balaban J connectivity index is 1.95. The van der Waals surface area contributed by atoms with Gasteiger partial charge in [0.15, 0.2) is 0 Å². The second-order valence-electron chi connectivity index (χ2n) is 4.35. The zero-order valence-electron chi connectivity index (χ0n) is 9.90. The van der Waals surface area contributed by atoms with Gasteiger partial charge in [-0.15, -0.1) is 0 Å². The lowest BCUT2D eigenvalue weighted by molar-refractivity contribution is 0.282. The van der Waals surface area contributed by atoms with E-state index in [1.807, 2.05) is 18.3 Å². The first-order valence-electron chi connectivity index (χ1n) is 6.16. The molecule has 0 aliphatic heterocycles. The van der Waals surface area contributed by atoms with E-state index in [1.165, 1.54) is 6.07 Å². The molecule has 0 saturated carbocycles. The second-order valence-corrected chi connectivity index (χ2v) is 4.35. The number of nitrogens with zero attached hydrogens (tertiary/aromatic N) is 1. The highest BCUT2D eigenvalue weighted by Gasteiger charge is 2.01. The van der Waals surface area contributed by atoms with E-state index >= 15 is 0 Å². The Morgan fingerprint density at radius 2 is 1.88 bits per heavy atom. The minimum atomic E-state index is -0.182. The average Bonchev–Trinajstić information content (AvgIpc) is 2.71. The largest absolute Gasteiger partial charge is 0.396 e. The highest BCUT2D eigenvalue weighted by molar-refractivity contribution is 5.80.